The highest BCUT2D eigenvalue weighted by Gasteiger charge is 2.21. The van der Waals surface area contributed by atoms with Crippen LogP contribution in [0.5, 0.6) is 0 Å². The molecule has 6 heteroatoms. The molecule has 0 atom stereocenters. The zero-order valence-electron chi connectivity index (χ0n) is 15.9. The molecule has 1 fully saturated rings. The molecule has 1 aliphatic heterocycles. The van der Waals surface area contributed by atoms with Crippen LogP contribution in [0.1, 0.15) is 5.56 Å². The fraction of sp³-hybridized carbons (Fsp3) is 0.174. The summed E-state index contributed by atoms with van der Waals surface area (Å²) in [6, 6.07) is 19.3. The van der Waals surface area contributed by atoms with Crippen molar-refractivity contribution < 1.29 is 4.79 Å². The highest BCUT2D eigenvalue weighted by atomic mass is 35.5. The second-order valence-electron chi connectivity index (χ2n) is 6.80. The fourth-order valence-electron chi connectivity index (χ4n) is 3.25. The molecular weight excluding hydrogens is 384 g/mol. The summed E-state index contributed by atoms with van der Waals surface area (Å²) in [5, 5.41) is 0.685. The SMILES string of the molecule is O=C(/C=C/c1ccc(Cl)cc1)N1CCN(c2ccnc(-c3ccccc3)n2)CC1. The second-order valence-corrected chi connectivity index (χ2v) is 7.24. The van der Waals surface area contributed by atoms with E-state index in [1.54, 1.807) is 12.3 Å². The Bertz CT molecular complexity index is 997. The van der Waals surface area contributed by atoms with E-state index in [9.17, 15) is 4.79 Å². The van der Waals surface area contributed by atoms with E-state index < -0.39 is 0 Å². The van der Waals surface area contributed by atoms with E-state index in [0.29, 0.717) is 23.9 Å². The van der Waals surface area contributed by atoms with Crippen LogP contribution >= 0.6 is 11.6 Å². The van der Waals surface area contributed by atoms with Crippen molar-refractivity contribution in [2.75, 3.05) is 31.1 Å². The van der Waals surface area contributed by atoms with Crippen LogP contribution in [0.4, 0.5) is 5.82 Å². The number of hydrogen-bond donors (Lipinski definition) is 0. The van der Waals surface area contributed by atoms with Gasteiger partial charge in [0.25, 0.3) is 0 Å². The zero-order valence-corrected chi connectivity index (χ0v) is 16.7. The number of anilines is 1. The molecule has 2 heterocycles. The molecule has 0 aliphatic carbocycles. The first kappa shape index (κ1) is 19.2. The average Bonchev–Trinajstić information content (AvgIpc) is 2.79. The number of benzene rings is 2. The lowest BCUT2D eigenvalue weighted by Crippen LogP contribution is -2.48. The number of hydrogen-bond acceptors (Lipinski definition) is 4. The molecule has 0 bridgehead atoms. The van der Waals surface area contributed by atoms with Crippen LogP contribution in [0.15, 0.2) is 72.9 Å². The monoisotopic (exact) mass is 404 g/mol. The van der Waals surface area contributed by atoms with Crippen molar-refractivity contribution in [2.24, 2.45) is 0 Å². The first-order valence-electron chi connectivity index (χ1n) is 9.55. The Hall–Kier alpha value is -3.18. The quantitative estimate of drug-likeness (QED) is 0.613. The highest BCUT2D eigenvalue weighted by Crippen LogP contribution is 2.19. The van der Waals surface area contributed by atoms with Gasteiger partial charge >= 0.3 is 0 Å². The number of carbonyl (C=O) groups is 1. The van der Waals surface area contributed by atoms with Crippen LogP contribution in [0.2, 0.25) is 5.02 Å². The third-order valence-electron chi connectivity index (χ3n) is 4.88. The Morgan fingerprint density at radius 1 is 0.931 bits per heavy atom. The largest absolute Gasteiger partial charge is 0.353 e. The lowest BCUT2D eigenvalue weighted by molar-refractivity contribution is -0.126. The smallest absolute Gasteiger partial charge is 0.246 e. The lowest BCUT2D eigenvalue weighted by Gasteiger charge is -2.35. The molecule has 1 aliphatic rings. The standard InChI is InChI=1S/C23H21ClN4O/c24-20-9-6-18(7-10-20)8-11-22(29)28-16-14-27(15-17-28)21-12-13-25-23(26-21)19-4-2-1-3-5-19/h1-13H,14-17H2/b11-8+. The Morgan fingerprint density at radius 2 is 1.66 bits per heavy atom. The minimum atomic E-state index is 0.0206. The van der Waals surface area contributed by atoms with E-state index >= 15 is 0 Å². The third-order valence-corrected chi connectivity index (χ3v) is 5.13. The van der Waals surface area contributed by atoms with E-state index in [4.69, 9.17) is 16.6 Å². The molecule has 3 aromatic rings. The molecule has 0 unspecified atom stereocenters. The normalized spacial score (nSPS) is 14.4. The summed E-state index contributed by atoms with van der Waals surface area (Å²) in [4.78, 5) is 25.6. The van der Waals surface area contributed by atoms with Gasteiger partial charge in [-0.15, -0.1) is 0 Å². The van der Waals surface area contributed by atoms with Gasteiger partial charge in [-0.3, -0.25) is 4.79 Å². The molecule has 0 saturated carbocycles. The molecular formula is C23H21ClN4O. The molecule has 5 nitrogen and oxygen atoms in total. The zero-order chi connectivity index (χ0) is 20.1. The molecule has 29 heavy (non-hydrogen) atoms. The van der Waals surface area contributed by atoms with Gasteiger partial charge in [-0.2, -0.15) is 0 Å². The van der Waals surface area contributed by atoms with Gasteiger partial charge in [0.15, 0.2) is 5.82 Å². The summed E-state index contributed by atoms with van der Waals surface area (Å²) in [6.07, 6.45) is 5.23. The molecule has 2 aromatic carbocycles. The number of piperazine rings is 1. The van der Waals surface area contributed by atoms with Crippen LogP contribution in [0, 0.1) is 0 Å². The van der Waals surface area contributed by atoms with Crippen molar-refractivity contribution in [3.05, 3.63) is 83.5 Å². The molecule has 4 rings (SSSR count). The third kappa shape index (κ3) is 4.81. The fourth-order valence-corrected chi connectivity index (χ4v) is 3.38. The molecule has 0 N–H and O–H groups in total. The Kier molecular flexibility index (Phi) is 5.86. The summed E-state index contributed by atoms with van der Waals surface area (Å²) in [7, 11) is 0. The van der Waals surface area contributed by atoms with Crippen LogP contribution in [0.25, 0.3) is 17.5 Å². The van der Waals surface area contributed by atoms with Gasteiger partial charge in [-0.25, -0.2) is 9.97 Å². The van der Waals surface area contributed by atoms with Crippen molar-refractivity contribution in [1.82, 2.24) is 14.9 Å². The van der Waals surface area contributed by atoms with Crippen molar-refractivity contribution in [2.45, 2.75) is 0 Å². The topological polar surface area (TPSA) is 49.3 Å². The van der Waals surface area contributed by atoms with Gasteiger partial charge in [-0.05, 0) is 29.8 Å². The summed E-state index contributed by atoms with van der Waals surface area (Å²) >= 11 is 5.89. The molecule has 0 spiro atoms. The maximum absolute atomic E-state index is 12.5. The summed E-state index contributed by atoms with van der Waals surface area (Å²) in [5.74, 6) is 1.63. The Morgan fingerprint density at radius 3 is 2.38 bits per heavy atom. The lowest BCUT2D eigenvalue weighted by atomic mass is 10.2. The first-order valence-corrected chi connectivity index (χ1v) is 9.93. The van der Waals surface area contributed by atoms with Gasteiger partial charge in [0.2, 0.25) is 5.91 Å². The number of halogens is 1. The summed E-state index contributed by atoms with van der Waals surface area (Å²) in [6.45, 7) is 2.81. The predicted molar refractivity (Wildman–Crippen MR) is 117 cm³/mol. The number of nitrogens with zero attached hydrogens (tertiary/aromatic N) is 4. The summed E-state index contributed by atoms with van der Waals surface area (Å²) in [5.41, 5.74) is 1.95. The van der Waals surface area contributed by atoms with Crippen LogP contribution in [-0.2, 0) is 4.79 Å². The second kappa shape index (κ2) is 8.88. The van der Waals surface area contributed by atoms with Crippen molar-refractivity contribution in [3.63, 3.8) is 0 Å². The van der Waals surface area contributed by atoms with Gasteiger partial charge in [0.05, 0.1) is 0 Å². The number of amides is 1. The minimum Gasteiger partial charge on any atom is -0.353 e. The average molecular weight is 405 g/mol. The van der Waals surface area contributed by atoms with Crippen molar-refractivity contribution in [3.8, 4) is 11.4 Å². The molecule has 0 radical (unpaired) electrons. The minimum absolute atomic E-state index is 0.0206. The number of rotatable bonds is 4. The molecule has 1 amide bonds. The van der Waals surface area contributed by atoms with Crippen molar-refractivity contribution in [1.29, 1.82) is 0 Å². The highest BCUT2D eigenvalue weighted by molar-refractivity contribution is 6.30. The van der Waals surface area contributed by atoms with Gasteiger partial charge in [0.1, 0.15) is 5.82 Å². The van der Waals surface area contributed by atoms with Gasteiger partial charge in [0, 0.05) is 49.0 Å². The van der Waals surface area contributed by atoms with E-state index in [0.717, 1.165) is 30.0 Å². The van der Waals surface area contributed by atoms with E-state index in [-0.39, 0.29) is 5.91 Å². The van der Waals surface area contributed by atoms with Gasteiger partial charge < -0.3 is 9.80 Å². The molecule has 1 saturated heterocycles. The Labute approximate surface area is 175 Å². The van der Waals surface area contributed by atoms with Gasteiger partial charge in [-0.1, -0.05) is 54.1 Å². The number of aromatic nitrogens is 2. The Balaban J connectivity index is 1.37. The van der Waals surface area contributed by atoms with E-state index in [2.05, 4.69) is 9.88 Å². The van der Waals surface area contributed by atoms with Crippen LogP contribution < -0.4 is 4.90 Å². The maximum atomic E-state index is 12.5. The first-order chi connectivity index (χ1) is 14.2. The summed E-state index contributed by atoms with van der Waals surface area (Å²) < 4.78 is 0. The molecule has 146 valence electrons. The van der Waals surface area contributed by atoms with Crippen LogP contribution in [-0.4, -0.2) is 47.0 Å². The molecule has 1 aromatic heterocycles. The van der Waals surface area contributed by atoms with Crippen LogP contribution in [0.3, 0.4) is 0 Å². The maximum Gasteiger partial charge on any atom is 0.246 e. The van der Waals surface area contributed by atoms with E-state index in [1.165, 1.54) is 0 Å². The van der Waals surface area contributed by atoms with E-state index in [1.807, 2.05) is 71.6 Å². The van der Waals surface area contributed by atoms with Crippen molar-refractivity contribution >= 4 is 29.4 Å². The predicted octanol–water partition coefficient (Wildman–Crippen LogP) is 4.16. The number of carbonyl (C=O) groups excluding carboxylic acids is 1.